The molecule has 0 aliphatic rings. The Kier molecular flexibility index (Phi) is 9.48. The average molecular weight is 482 g/mol. The summed E-state index contributed by atoms with van der Waals surface area (Å²) in [5, 5.41) is 6.94. The van der Waals surface area contributed by atoms with Gasteiger partial charge in [0.15, 0.2) is 0 Å². The van der Waals surface area contributed by atoms with Crippen LogP contribution in [0, 0.1) is 13.8 Å². The van der Waals surface area contributed by atoms with E-state index in [1.54, 1.807) is 0 Å². The molecular weight excluding hydrogens is 446 g/mol. The predicted molar refractivity (Wildman–Crippen MR) is 148 cm³/mol. The van der Waals surface area contributed by atoms with Gasteiger partial charge in [0.25, 0.3) is 0 Å². The molecule has 4 rings (SSSR count). The summed E-state index contributed by atoms with van der Waals surface area (Å²) in [6.45, 7) is 6.74. The molecule has 0 radical (unpaired) electrons. The van der Waals surface area contributed by atoms with Crippen molar-refractivity contribution in [3.63, 3.8) is 0 Å². The van der Waals surface area contributed by atoms with E-state index < -0.39 is 0 Å². The van der Waals surface area contributed by atoms with Crippen LogP contribution in [0.5, 0.6) is 0 Å². The van der Waals surface area contributed by atoms with Gasteiger partial charge < -0.3 is 20.1 Å². The molecule has 5 nitrogen and oxygen atoms in total. The number of unbranched alkanes of at least 4 members (excludes halogenated alkanes) is 1. The van der Waals surface area contributed by atoms with Crippen molar-refractivity contribution in [1.29, 1.82) is 0 Å². The highest BCUT2D eigenvalue weighted by Crippen LogP contribution is 2.24. The normalized spacial score (nSPS) is 10.8. The lowest BCUT2D eigenvalue weighted by Crippen LogP contribution is -2.04. The molecule has 0 saturated carbocycles. The fourth-order valence-electron chi connectivity index (χ4n) is 3.90. The number of aryl methyl sites for hydroxylation is 1. The van der Waals surface area contributed by atoms with Gasteiger partial charge >= 0.3 is 0 Å². The van der Waals surface area contributed by atoms with Crippen molar-refractivity contribution in [3.05, 3.63) is 113 Å². The molecule has 186 valence electrons. The number of ether oxygens (including phenoxy) is 2. The summed E-state index contributed by atoms with van der Waals surface area (Å²) < 4.78 is 11.9. The van der Waals surface area contributed by atoms with E-state index >= 15 is 0 Å². The summed E-state index contributed by atoms with van der Waals surface area (Å²) in [6.07, 6.45) is 3.71. The fraction of sp³-hybridized carbons (Fsp3) is 0.258. The first-order valence-corrected chi connectivity index (χ1v) is 12.5. The maximum Gasteiger partial charge on any atom is 0.135 e. The van der Waals surface area contributed by atoms with E-state index in [1.165, 1.54) is 11.1 Å². The minimum Gasteiger partial charge on any atom is -0.377 e. The number of hydrogen-bond donors (Lipinski definition) is 2. The van der Waals surface area contributed by atoms with Crippen LogP contribution < -0.4 is 10.6 Å². The Bertz CT molecular complexity index is 1230. The highest BCUT2D eigenvalue weighted by molar-refractivity contribution is 5.64. The number of nitrogens with one attached hydrogen (secondary N) is 2. The van der Waals surface area contributed by atoms with Gasteiger partial charge in [0, 0.05) is 47.6 Å². The second-order valence-electron chi connectivity index (χ2n) is 8.84. The molecule has 2 N–H and O–H groups in total. The minimum absolute atomic E-state index is 0.528. The number of nitrogens with zero attached hydrogens (tertiary/aromatic N) is 1. The van der Waals surface area contributed by atoms with Crippen LogP contribution in [0.3, 0.4) is 0 Å². The van der Waals surface area contributed by atoms with Crippen molar-refractivity contribution in [2.24, 2.45) is 0 Å². The Hall–Kier alpha value is -3.67. The molecule has 0 unspecified atom stereocenters. The molecule has 0 aliphatic heterocycles. The van der Waals surface area contributed by atoms with Crippen molar-refractivity contribution in [1.82, 2.24) is 4.98 Å². The molecule has 0 bridgehead atoms. The molecule has 0 aliphatic carbocycles. The van der Waals surface area contributed by atoms with Gasteiger partial charge in [-0.05, 0) is 68.1 Å². The first-order valence-electron chi connectivity index (χ1n) is 12.5. The number of pyridine rings is 1. The van der Waals surface area contributed by atoms with Crippen LogP contribution in [-0.2, 0) is 22.7 Å². The summed E-state index contributed by atoms with van der Waals surface area (Å²) in [7, 11) is 0. The third-order valence-electron chi connectivity index (χ3n) is 6.16. The van der Waals surface area contributed by atoms with E-state index in [0.29, 0.717) is 26.4 Å². The molecule has 0 atom stereocenters. The fourth-order valence-corrected chi connectivity index (χ4v) is 3.90. The molecule has 36 heavy (non-hydrogen) atoms. The summed E-state index contributed by atoms with van der Waals surface area (Å²) in [4.78, 5) is 4.53. The van der Waals surface area contributed by atoms with E-state index in [0.717, 1.165) is 46.8 Å². The molecule has 0 spiro atoms. The van der Waals surface area contributed by atoms with Gasteiger partial charge in [-0.2, -0.15) is 0 Å². The highest BCUT2D eigenvalue weighted by Gasteiger charge is 2.07. The molecule has 0 saturated heterocycles. The Morgan fingerprint density at radius 1 is 0.639 bits per heavy atom. The number of hydrogen-bond acceptors (Lipinski definition) is 5. The van der Waals surface area contributed by atoms with E-state index in [1.807, 2.05) is 42.6 Å². The van der Waals surface area contributed by atoms with E-state index in [9.17, 15) is 0 Å². The van der Waals surface area contributed by atoms with E-state index in [2.05, 4.69) is 78.0 Å². The maximum atomic E-state index is 5.96. The van der Waals surface area contributed by atoms with E-state index in [-0.39, 0.29) is 0 Å². The summed E-state index contributed by atoms with van der Waals surface area (Å²) >= 11 is 0. The van der Waals surface area contributed by atoms with Crippen LogP contribution >= 0.6 is 0 Å². The third-order valence-corrected chi connectivity index (χ3v) is 6.16. The maximum absolute atomic E-state index is 5.96. The van der Waals surface area contributed by atoms with Crippen LogP contribution in [0.15, 0.2) is 91.1 Å². The summed E-state index contributed by atoms with van der Waals surface area (Å²) in [5.41, 5.74) is 7.92. The highest BCUT2D eigenvalue weighted by atomic mass is 16.5. The van der Waals surface area contributed by atoms with Crippen LogP contribution in [-0.4, -0.2) is 18.2 Å². The minimum atomic E-state index is 0.528. The number of benzene rings is 3. The standard InChI is InChI=1S/C31H35N3O2/c1-24-12-10-18-29(25(24)2)34-31-27(14-11-19-32-31)23-36-21-9-8-20-35-22-26-13-6-7-17-30(26)33-28-15-4-3-5-16-28/h3-7,10-19,33H,8-9,20-23H2,1-2H3,(H,32,34). The Morgan fingerprint density at radius 3 is 2.11 bits per heavy atom. The number of anilines is 4. The predicted octanol–water partition coefficient (Wildman–Crippen LogP) is 7.70. The molecule has 1 heterocycles. The molecule has 3 aromatic carbocycles. The Morgan fingerprint density at radius 2 is 1.31 bits per heavy atom. The van der Waals surface area contributed by atoms with Crippen LogP contribution in [0.4, 0.5) is 22.9 Å². The molecule has 4 aromatic rings. The molecular formula is C31H35N3O2. The zero-order valence-electron chi connectivity index (χ0n) is 21.2. The molecule has 1 aromatic heterocycles. The third kappa shape index (κ3) is 7.41. The van der Waals surface area contributed by atoms with Gasteiger partial charge in [0.05, 0.1) is 13.2 Å². The quantitative estimate of drug-likeness (QED) is 0.192. The van der Waals surface area contributed by atoms with Crippen molar-refractivity contribution < 1.29 is 9.47 Å². The number of rotatable bonds is 13. The topological polar surface area (TPSA) is 55.4 Å². The summed E-state index contributed by atoms with van der Waals surface area (Å²) in [5.74, 6) is 0.845. The first-order chi connectivity index (χ1) is 17.7. The molecule has 0 amide bonds. The van der Waals surface area contributed by atoms with Crippen molar-refractivity contribution in [3.8, 4) is 0 Å². The van der Waals surface area contributed by atoms with Crippen LogP contribution in [0.1, 0.15) is 35.1 Å². The lowest BCUT2D eigenvalue weighted by atomic mass is 10.1. The van der Waals surface area contributed by atoms with Crippen molar-refractivity contribution >= 4 is 22.9 Å². The smallest absolute Gasteiger partial charge is 0.135 e. The van der Waals surface area contributed by atoms with Crippen LogP contribution in [0.25, 0.3) is 0 Å². The van der Waals surface area contributed by atoms with Gasteiger partial charge in [-0.3, -0.25) is 0 Å². The van der Waals surface area contributed by atoms with Crippen molar-refractivity contribution in [2.45, 2.75) is 39.9 Å². The van der Waals surface area contributed by atoms with Gasteiger partial charge in [0.2, 0.25) is 0 Å². The van der Waals surface area contributed by atoms with Gasteiger partial charge in [0.1, 0.15) is 5.82 Å². The average Bonchev–Trinajstić information content (AvgIpc) is 2.90. The SMILES string of the molecule is Cc1cccc(Nc2ncccc2COCCCCOCc2ccccc2Nc2ccccc2)c1C. The van der Waals surface area contributed by atoms with Gasteiger partial charge in [-0.1, -0.05) is 54.6 Å². The molecule has 5 heteroatoms. The lowest BCUT2D eigenvalue weighted by Gasteiger charge is -2.14. The number of para-hydroxylation sites is 2. The largest absolute Gasteiger partial charge is 0.377 e. The zero-order chi connectivity index (χ0) is 25.0. The zero-order valence-corrected chi connectivity index (χ0v) is 21.2. The second-order valence-corrected chi connectivity index (χ2v) is 8.84. The van der Waals surface area contributed by atoms with E-state index in [4.69, 9.17) is 9.47 Å². The Balaban J connectivity index is 1.17. The summed E-state index contributed by atoms with van der Waals surface area (Å²) in [6, 6.07) is 28.7. The number of aromatic nitrogens is 1. The first kappa shape index (κ1) is 25.4. The Labute approximate surface area is 214 Å². The van der Waals surface area contributed by atoms with Gasteiger partial charge in [-0.25, -0.2) is 4.98 Å². The lowest BCUT2D eigenvalue weighted by molar-refractivity contribution is 0.0901. The second kappa shape index (κ2) is 13.4. The molecule has 0 fully saturated rings. The van der Waals surface area contributed by atoms with Gasteiger partial charge in [-0.15, -0.1) is 0 Å². The monoisotopic (exact) mass is 481 g/mol. The van der Waals surface area contributed by atoms with Crippen molar-refractivity contribution in [2.75, 3.05) is 23.8 Å². The van der Waals surface area contributed by atoms with Crippen LogP contribution in [0.2, 0.25) is 0 Å².